The zero-order chi connectivity index (χ0) is 13.7. The van der Waals surface area contributed by atoms with Crippen LogP contribution in [0.1, 0.15) is 30.1 Å². The largest absolute Gasteiger partial charge is 0.387 e. The number of ether oxygens (including phenoxy) is 1. The number of amides is 1. The number of hydrogen-bond donors (Lipinski definition) is 2. The van der Waals surface area contributed by atoms with Gasteiger partial charge in [0.2, 0.25) is 0 Å². The summed E-state index contributed by atoms with van der Waals surface area (Å²) in [5.74, 6) is 0.336. The van der Waals surface area contributed by atoms with Crippen molar-refractivity contribution >= 4 is 11.6 Å². The first-order chi connectivity index (χ1) is 9.26. The van der Waals surface area contributed by atoms with E-state index < -0.39 is 0 Å². The van der Waals surface area contributed by atoms with Crippen LogP contribution in [-0.4, -0.2) is 37.2 Å². The molecule has 2 atom stereocenters. The highest BCUT2D eigenvalue weighted by Gasteiger charge is 2.27. The molecule has 2 heterocycles. The van der Waals surface area contributed by atoms with E-state index in [1.54, 1.807) is 25.5 Å². The molecule has 1 aliphatic rings. The van der Waals surface area contributed by atoms with Crippen molar-refractivity contribution in [2.45, 2.75) is 25.9 Å². The second-order valence-electron chi connectivity index (χ2n) is 4.75. The second kappa shape index (κ2) is 6.52. The molecule has 0 aliphatic carbocycles. The molecule has 0 aromatic carbocycles. The van der Waals surface area contributed by atoms with Crippen LogP contribution < -0.4 is 10.6 Å². The highest BCUT2D eigenvalue weighted by molar-refractivity contribution is 5.99. The first kappa shape index (κ1) is 13.8. The van der Waals surface area contributed by atoms with Crippen molar-refractivity contribution in [1.82, 2.24) is 10.3 Å². The number of aromatic nitrogens is 1. The number of carbonyl (C=O) groups is 1. The summed E-state index contributed by atoms with van der Waals surface area (Å²) in [6, 6.07) is 1.79. The van der Waals surface area contributed by atoms with E-state index in [0.29, 0.717) is 18.0 Å². The Balaban J connectivity index is 1.94. The van der Waals surface area contributed by atoms with Crippen molar-refractivity contribution in [1.29, 1.82) is 0 Å². The lowest BCUT2D eigenvalue weighted by molar-refractivity contribution is 0.0827. The number of rotatable bonds is 5. The van der Waals surface area contributed by atoms with Gasteiger partial charge < -0.3 is 15.4 Å². The van der Waals surface area contributed by atoms with Crippen molar-refractivity contribution in [3.8, 4) is 0 Å². The maximum Gasteiger partial charge on any atom is 0.254 e. The summed E-state index contributed by atoms with van der Waals surface area (Å²) >= 11 is 0. The fourth-order valence-corrected chi connectivity index (χ4v) is 2.49. The molecule has 5 heteroatoms. The molecular weight excluding hydrogens is 242 g/mol. The normalized spacial score (nSPS) is 22.2. The molecule has 104 valence electrons. The minimum absolute atomic E-state index is 0.0841. The van der Waals surface area contributed by atoms with E-state index in [-0.39, 0.29) is 12.0 Å². The standard InChI is InChI=1S/C14H21N3O2/c1-3-13-10(5-7-19-13)8-17-14(18)11-9-16-6-4-12(11)15-2/h4,6,9-10,13H,3,5,7-8H2,1-2H3,(H,15,16)(H,17,18). The molecule has 2 rings (SSSR count). The quantitative estimate of drug-likeness (QED) is 0.848. The summed E-state index contributed by atoms with van der Waals surface area (Å²) in [5.41, 5.74) is 1.37. The number of hydrogen-bond acceptors (Lipinski definition) is 4. The van der Waals surface area contributed by atoms with E-state index in [0.717, 1.165) is 25.1 Å². The van der Waals surface area contributed by atoms with Gasteiger partial charge in [-0.05, 0) is 18.9 Å². The number of carbonyl (C=O) groups excluding carboxylic acids is 1. The van der Waals surface area contributed by atoms with Gasteiger partial charge in [0.05, 0.1) is 11.7 Å². The smallest absolute Gasteiger partial charge is 0.254 e. The van der Waals surface area contributed by atoms with Crippen LogP contribution in [0.5, 0.6) is 0 Å². The summed E-state index contributed by atoms with van der Waals surface area (Å²) in [5, 5.41) is 5.98. The molecule has 1 aromatic heterocycles. The van der Waals surface area contributed by atoms with Gasteiger partial charge >= 0.3 is 0 Å². The Morgan fingerprint density at radius 3 is 3.16 bits per heavy atom. The van der Waals surface area contributed by atoms with Crippen LogP contribution >= 0.6 is 0 Å². The van der Waals surface area contributed by atoms with Crippen LogP contribution in [0.4, 0.5) is 5.69 Å². The van der Waals surface area contributed by atoms with Crippen molar-refractivity contribution in [3.63, 3.8) is 0 Å². The molecule has 0 spiro atoms. The monoisotopic (exact) mass is 263 g/mol. The maximum absolute atomic E-state index is 12.1. The average molecular weight is 263 g/mol. The average Bonchev–Trinajstić information content (AvgIpc) is 2.92. The Morgan fingerprint density at radius 2 is 2.42 bits per heavy atom. The lowest BCUT2D eigenvalue weighted by Gasteiger charge is -2.17. The third kappa shape index (κ3) is 3.23. The Labute approximate surface area is 113 Å². The summed E-state index contributed by atoms with van der Waals surface area (Å²) in [7, 11) is 1.80. The zero-order valence-corrected chi connectivity index (χ0v) is 11.5. The minimum atomic E-state index is -0.0841. The van der Waals surface area contributed by atoms with E-state index >= 15 is 0 Å². The maximum atomic E-state index is 12.1. The van der Waals surface area contributed by atoms with Crippen molar-refractivity contribution in [2.24, 2.45) is 5.92 Å². The third-order valence-corrected chi connectivity index (χ3v) is 3.61. The van der Waals surface area contributed by atoms with Gasteiger partial charge in [0.15, 0.2) is 0 Å². The molecule has 19 heavy (non-hydrogen) atoms. The predicted molar refractivity (Wildman–Crippen MR) is 74.3 cm³/mol. The van der Waals surface area contributed by atoms with Crippen molar-refractivity contribution in [2.75, 3.05) is 25.5 Å². The number of nitrogens with one attached hydrogen (secondary N) is 2. The Kier molecular flexibility index (Phi) is 4.74. The van der Waals surface area contributed by atoms with Gasteiger partial charge in [-0.3, -0.25) is 9.78 Å². The van der Waals surface area contributed by atoms with Crippen LogP contribution in [0.15, 0.2) is 18.5 Å². The highest BCUT2D eigenvalue weighted by atomic mass is 16.5. The van der Waals surface area contributed by atoms with Gasteiger partial charge in [-0.1, -0.05) is 6.92 Å². The predicted octanol–water partition coefficient (Wildman–Crippen LogP) is 1.67. The molecule has 1 fully saturated rings. The number of pyridine rings is 1. The van der Waals surface area contributed by atoms with Crippen LogP contribution in [0.25, 0.3) is 0 Å². The number of anilines is 1. The summed E-state index contributed by atoms with van der Waals surface area (Å²) in [6.45, 7) is 3.58. The van der Waals surface area contributed by atoms with Gasteiger partial charge in [-0.25, -0.2) is 0 Å². The molecule has 1 amide bonds. The first-order valence-electron chi connectivity index (χ1n) is 6.77. The summed E-state index contributed by atoms with van der Waals surface area (Å²) < 4.78 is 5.62. The molecule has 5 nitrogen and oxygen atoms in total. The Bertz CT molecular complexity index is 436. The van der Waals surface area contributed by atoms with E-state index in [1.807, 2.05) is 0 Å². The minimum Gasteiger partial charge on any atom is -0.387 e. The third-order valence-electron chi connectivity index (χ3n) is 3.61. The molecule has 2 N–H and O–H groups in total. The van der Waals surface area contributed by atoms with Crippen LogP contribution in [0, 0.1) is 5.92 Å². The molecule has 1 aliphatic heterocycles. The molecule has 0 bridgehead atoms. The fraction of sp³-hybridized carbons (Fsp3) is 0.571. The molecular formula is C14H21N3O2. The summed E-state index contributed by atoms with van der Waals surface area (Å²) in [4.78, 5) is 16.1. The van der Waals surface area contributed by atoms with Gasteiger partial charge in [0.1, 0.15) is 0 Å². The van der Waals surface area contributed by atoms with E-state index in [4.69, 9.17) is 4.74 Å². The van der Waals surface area contributed by atoms with E-state index in [2.05, 4.69) is 22.5 Å². The lowest BCUT2D eigenvalue weighted by atomic mass is 9.99. The first-order valence-corrected chi connectivity index (χ1v) is 6.77. The second-order valence-corrected chi connectivity index (χ2v) is 4.75. The Hall–Kier alpha value is -1.62. The van der Waals surface area contributed by atoms with Gasteiger partial charge in [-0.2, -0.15) is 0 Å². The SMILES string of the molecule is CCC1OCCC1CNC(=O)c1cnccc1NC. The van der Waals surface area contributed by atoms with Crippen LogP contribution in [0.2, 0.25) is 0 Å². The topological polar surface area (TPSA) is 63.2 Å². The van der Waals surface area contributed by atoms with E-state index in [1.165, 1.54) is 0 Å². The zero-order valence-electron chi connectivity index (χ0n) is 11.5. The fourth-order valence-electron chi connectivity index (χ4n) is 2.49. The Morgan fingerprint density at radius 1 is 1.58 bits per heavy atom. The van der Waals surface area contributed by atoms with Crippen LogP contribution in [0.3, 0.4) is 0 Å². The molecule has 2 unspecified atom stereocenters. The van der Waals surface area contributed by atoms with Gasteiger partial charge in [0, 0.05) is 44.2 Å². The number of nitrogens with zero attached hydrogens (tertiary/aromatic N) is 1. The van der Waals surface area contributed by atoms with Gasteiger partial charge in [-0.15, -0.1) is 0 Å². The lowest BCUT2D eigenvalue weighted by Crippen LogP contribution is -2.33. The molecule has 1 saturated heterocycles. The molecule has 0 radical (unpaired) electrons. The molecule has 1 aromatic rings. The summed E-state index contributed by atoms with van der Waals surface area (Å²) in [6.07, 6.45) is 5.54. The van der Waals surface area contributed by atoms with Crippen molar-refractivity contribution < 1.29 is 9.53 Å². The van der Waals surface area contributed by atoms with E-state index in [9.17, 15) is 4.79 Å². The highest BCUT2D eigenvalue weighted by Crippen LogP contribution is 2.22. The van der Waals surface area contributed by atoms with Crippen LogP contribution in [-0.2, 0) is 4.74 Å². The molecule has 0 saturated carbocycles. The van der Waals surface area contributed by atoms with Gasteiger partial charge in [0.25, 0.3) is 5.91 Å². The van der Waals surface area contributed by atoms with Crippen molar-refractivity contribution in [3.05, 3.63) is 24.0 Å².